The number of likely N-dealkylation sites (tertiary alicyclic amines) is 1. The largest absolute Gasteiger partial charge is 0.507 e. The first kappa shape index (κ1) is 47.3. The fourth-order valence-corrected chi connectivity index (χ4v) is 8.76. The van der Waals surface area contributed by atoms with E-state index < -0.39 is 21.9 Å². The third-order valence-electron chi connectivity index (χ3n) is 13.4. The van der Waals surface area contributed by atoms with Crippen LogP contribution >= 0.6 is 0 Å². The predicted octanol–water partition coefficient (Wildman–Crippen LogP) is 11.2. The van der Waals surface area contributed by atoms with Gasteiger partial charge in [-0.2, -0.15) is 0 Å². The molecular formula is C49H79NO6. The van der Waals surface area contributed by atoms with Crippen LogP contribution < -0.4 is 0 Å². The van der Waals surface area contributed by atoms with Crippen molar-refractivity contribution in [3.63, 3.8) is 0 Å². The quantitative estimate of drug-likeness (QED) is 0.232. The van der Waals surface area contributed by atoms with Gasteiger partial charge in [-0.05, 0) is 95.6 Å². The molecular weight excluding hydrogens is 699 g/mol. The number of hydrogen-bond acceptors (Lipinski definition) is 7. The van der Waals surface area contributed by atoms with Crippen LogP contribution in [0.1, 0.15) is 185 Å². The summed E-state index contributed by atoms with van der Waals surface area (Å²) >= 11 is 0. The first-order chi connectivity index (χ1) is 25.0. The highest BCUT2D eigenvalue weighted by Crippen LogP contribution is 2.58. The summed E-state index contributed by atoms with van der Waals surface area (Å²) in [7, 11) is 0. The lowest BCUT2D eigenvalue weighted by Crippen LogP contribution is -2.77. The van der Waals surface area contributed by atoms with Crippen LogP contribution in [-0.4, -0.2) is 57.4 Å². The Kier molecular flexibility index (Phi) is 13.2. The van der Waals surface area contributed by atoms with E-state index in [4.69, 9.17) is 9.47 Å². The molecule has 3 rings (SSSR count). The normalized spacial score (nSPS) is 18.8. The summed E-state index contributed by atoms with van der Waals surface area (Å²) in [4.78, 5) is 29.4. The number of esters is 2. The number of phenolic OH excluding ortho intramolecular Hbond substituents is 2. The van der Waals surface area contributed by atoms with Gasteiger partial charge in [0.05, 0.1) is 0 Å². The average molecular weight is 778 g/mol. The van der Waals surface area contributed by atoms with Crippen LogP contribution in [0.5, 0.6) is 11.5 Å². The van der Waals surface area contributed by atoms with Crippen molar-refractivity contribution in [2.45, 2.75) is 203 Å². The Morgan fingerprint density at radius 1 is 0.571 bits per heavy atom. The van der Waals surface area contributed by atoms with Gasteiger partial charge in [0.25, 0.3) is 0 Å². The number of aromatic hydroxyl groups is 2. The number of carbonyl (C=O) groups excluding carboxylic acids is 2. The van der Waals surface area contributed by atoms with Crippen molar-refractivity contribution in [1.82, 2.24) is 4.90 Å². The summed E-state index contributed by atoms with van der Waals surface area (Å²) in [6.07, 6.45) is 1.15. The van der Waals surface area contributed by atoms with Crippen molar-refractivity contribution in [2.24, 2.45) is 10.8 Å². The number of aryl methyl sites for hydroxylation is 2. The Morgan fingerprint density at radius 2 is 0.875 bits per heavy atom. The number of rotatable bonds is 10. The highest BCUT2D eigenvalue weighted by Gasteiger charge is 2.66. The van der Waals surface area contributed by atoms with Gasteiger partial charge in [0, 0.05) is 41.3 Å². The van der Waals surface area contributed by atoms with Crippen LogP contribution in [0, 0.1) is 10.8 Å². The first-order valence-electron chi connectivity index (χ1n) is 20.9. The van der Waals surface area contributed by atoms with E-state index in [2.05, 4.69) is 143 Å². The number of carbonyl (C=O) groups is 2. The molecule has 0 saturated carbocycles. The molecule has 7 nitrogen and oxygen atoms in total. The number of hydrogen-bond donors (Lipinski definition) is 2. The minimum Gasteiger partial charge on any atom is -0.507 e. The van der Waals surface area contributed by atoms with Crippen molar-refractivity contribution < 1.29 is 29.3 Å². The summed E-state index contributed by atoms with van der Waals surface area (Å²) < 4.78 is 12.5. The van der Waals surface area contributed by atoms with Gasteiger partial charge in [-0.3, -0.25) is 14.5 Å². The Hall–Kier alpha value is -3.06. The fraction of sp³-hybridized carbons (Fsp3) is 0.714. The van der Waals surface area contributed by atoms with Crippen molar-refractivity contribution >= 4 is 11.9 Å². The van der Waals surface area contributed by atoms with Crippen LogP contribution in [0.25, 0.3) is 0 Å². The van der Waals surface area contributed by atoms with E-state index in [1.165, 1.54) is 0 Å². The van der Waals surface area contributed by atoms with Crippen LogP contribution in [0.2, 0.25) is 0 Å². The molecule has 2 aromatic rings. The third kappa shape index (κ3) is 9.62. The van der Waals surface area contributed by atoms with Gasteiger partial charge < -0.3 is 19.7 Å². The van der Waals surface area contributed by atoms with Crippen LogP contribution in [0.15, 0.2) is 24.3 Å². The molecule has 1 aliphatic heterocycles. The first-order valence-corrected chi connectivity index (χ1v) is 20.9. The molecule has 2 aromatic carbocycles. The highest BCUT2D eigenvalue weighted by atomic mass is 16.5. The number of phenols is 2. The highest BCUT2D eigenvalue weighted by molar-refractivity contribution is 5.71. The Morgan fingerprint density at radius 3 is 1.18 bits per heavy atom. The molecule has 0 aromatic heterocycles. The van der Waals surface area contributed by atoms with E-state index in [-0.39, 0.29) is 59.2 Å². The van der Waals surface area contributed by atoms with Gasteiger partial charge in [0.15, 0.2) is 0 Å². The van der Waals surface area contributed by atoms with Crippen LogP contribution in [0.4, 0.5) is 0 Å². The molecule has 0 unspecified atom stereocenters. The summed E-state index contributed by atoms with van der Waals surface area (Å²) in [5.41, 5.74) is 2.82. The maximum absolute atomic E-state index is 13.8. The molecule has 56 heavy (non-hydrogen) atoms. The molecule has 0 aliphatic carbocycles. The molecule has 316 valence electrons. The molecule has 1 heterocycles. The topological polar surface area (TPSA) is 96.3 Å². The maximum Gasteiger partial charge on any atom is 0.306 e. The number of ether oxygens (including phenoxy) is 2. The van der Waals surface area contributed by atoms with Crippen LogP contribution in [-0.2, 0) is 53.6 Å². The number of benzene rings is 2. The van der Waals surface area contributed by atoms with Crippen molar-refractivity contribution in [3.05, 3.63) is 57.6 Å². The zero-order chi connectivity index (χ0) is 43.4. The van der Waals surface area contributed by atoms with Gasteiger partial charge in [0.2, 0.25) is 0 Å². The third-order valence-corrected chi connectivity index (χ3v) is 13.4. The van der Waals surface area contributed by atoms with E-state index in [9.17, 15) is 19.8 Å². The molecule has 7 heteroatoms. The lowest BCUT2D eigenvalue weighted by atomic mass is 9.52. The van der Waals surface area contributed by atoms with Gasteiger partial charge in [-0.25, -0.2) is 0 Å². The molecule has 1 saturated heterocycles. The molecule has 0 amide bonds. The minimum absolute atomic E-state index is 0.231. The minimum atomic E-state index is -0.461. The Labute approximate surface area is 341 Å². The summed E-state index contributed by atoms with van der Waals surface area (Å²) in [5, 5.41) is 22.3. The van der Waals surface area contributed by atoms with Crippen molar-refractivity contribution in [3.8, 4) is 11.5 Å². The lowest BCUT2D eigenvalue weighted by molar-refractivity contribution is -0.248. The standard InChI is InChI=1S/C49H79NO6/c1-42(2,3)33-27-31(28-34(39(33)53)43(4,5)6)21-23-37(51)55-26-25-50-48(17,18)46(13,14)41(47(15,16)49(50,19)20)56-38(52)24-22-32-29-35(44(7,8)9)40(54)36(30-32)45(10,11)12/h27-30,41,53-54H,21-26H2,1-20H3. The Bertz CT molecular complexity index is 1650. The fourth-order valence-electron chi connectivity index (χ4n) is 8.76. The molecule has 1 fully saturated rings. The second kappa shape index (κ2) is 15.6. The van der Waals surface area contributed by atoms with E-state index in [0.29, 0.717) is 30.9 Å². The van der Waals surface area contributed by atoms with Gasteiger partial charge in [0.1, 0.15) is 24.2 Å². The van der Waals surface area contributed by atoms with Crippen molar-refractivity contribution in [2.75, 3.05) is 13.2 Å². The predicted molar refractivity (Wildman–Crippen MR) is 231 cm³/mol. The maximum atomic E-state index is 13.8. The van der Waals surface area contributed by atoms with Crippen molar-refractivity contribution in [1.29, 1.82) is 0 Å². The summed E-state index contributed by atoms with van der Waals surface area (Å²) in [5.74, 6) is 0.197. The molecule has 0 atom stereocenters. The van der Waals surface area contributed by atoms with E-state index in [1.807, 2.05) is 24.3 Å². The summed E-state index contributed by atoms with van der Waals surface area (Å²) in [6, 6.07) is 8.15. The second-order valence-electron chi connectivity index (χ2n) is 22.9. The zero-order valence-corrected chi connectivity index (χ0v) is 39.1. The monoisotopic (exact) mass is 778 g/mol. The van der Waals surface area contributed by atoms with Gasteiger partial charge >= 0.3 is 11.9 Å². The van der Waals surface area contributed by atoms with Crippen LogP contribution in [0.3, 0.4) is 0 Å². The van der Waals surface area contributed by atoms with E-state index in [1.54, 1.807) is 0 Å². The molecule has 0 radical (unpaired) electrons. The molecule has 1 aliphatic rings. The number of piperidine rings is 1. The average Bonchev–Trinajstić information content (AvgIpc) is 3.01. The van der Waals surface area contributed by atoms with Gasteiger partial charge in [-0.15, -0.1) is 0 Å². The van der Waals surface area contributed by atoms with Gasteiger partial charge in [-0.1, -0.05) is 135 Å². The second-order valence-corrected chi connectivity index (χ2v) is 22.9. The Balaban J connectivity index is 1.75. The SMILES string of the molecule is CC(C)(C)c1cc(CCC(=O)OCCN2C(C)(C)C(C)(C)C(OC(=O)CCc3cc(C(C)(C)C)c(O)c(C(C)(C)C)c3)C(C)(C)C2(C)C)cc(C(C)(C)C)c1O. The zero-order valence-electron chi connectivity index (χ0n) is 39.1. The molecule has 0 spiro atoms. The molecule has 0 bridgehead atoms. The molecule has 2 N–H and O–H groups in total. The summed E-state index contributed by atoms with van der Waals surface area (Å²) in [6.45, 7) is 43.5. The lowest BCUT2D eigenvalue weighted by Gasteiger charge is -2.69. The smallest absolute Gasteiger partial charge is 0.306 e. The number of nitrogens with zero attached hydrogens (tertiary/aromatic N) is 1. The van der Waals surface area contributed by atoms with E-state index >= 15 is 0 Å². The van der Waals surface area contributed by atoms with E-state index in [0.717, 1.165) is 33.4 Å².